The first-order valence-corrected chi connectivity index (χ1v) is 8.22. The second kappa shape index (κ2) is 7.77. The molecule has 3 aromatic rings. The molecule has 3 N–H and O–H groups in total. The zero-order valence-corrected chi connectivity index (χ0v) is 15.2. The molecule has 0 saturated carbocycles. The van der Waals surface area contributed by atoms with Crippen molar-refractivity contribution in [3.63, 3.8) is 0 Å². The lowest BCUT2D eigenvalue weighted by Gasteiger charge is -2.15. The maximum absolute atomic E-state index is 5.38. The maximum Gasteiger partial charge on any atom is 0.231 e. The fourth-order valence-electron chi connectivity index (χ4n) is 2.54. The number of anilines is 3. The predicted octanol–water partition coefficient (Wildman–Crippen LogP) is 2.94. The van der Waals surface area contributed by atoms with Gasteiger partial charge in [-0.25, -0.2) is 4.98 Å². The lowest BCUT2D eigenvalue weighted by molar-refractivity contribution is 0.324. The molecule has 0 spiro atoms. The number of nitrogens with one attached hydrogen (secondary N) is 3. The lowest BCUT2D eigenvalue weighted by Crippen LogP contribution is -2.06. The topological polar surface area (TPSA) is 106 Å². The van der Waals surface area contributed by atoms with Gasteiger partial charge in [0.25, 0.3) is 0 Å². The maximum atomic E-state index is 5.38. The normalized spacial score (nSPS) is 10.6. The van der Waals surface area contributed by atoms with Crippen LogP contribution in [0, 0.1) is 0 Å². The molecule has 2 heterocycles. The van der Waals surface area contributed by atoms with Crippen LogP contribution in [0.2, 0.25) is 0 Å². The summed E-state index contributed by atoms with van der Waals surface area (Å²) in [4.78, 5) is 16.3. The molecule has 0 bridgehead atoms. The number of fused-ring (bicyclic) bond motifs is 1. The number of nitrogens with zero attached hydrogens (tertiary/aromatic N) is 3. The van der Waals surface area contributed by atoms with Gasteiger partial charge < -0.3 is 29.8 Å². The van der Waals surface area contributed by atoms with Crippen LogP contribution in [-0.2, 0) is 0 Å². The van der Waals surface area contributed by atoms with Crippen molar-refractivity contribution < 1.29 is 14.2 Å². The van der Waals surface area contributed by atoms with Crippen molar-refractivity contribution in [3.8, 4) is 17.2 Å². The molecule has 1 aromatic carbocycles. The smallest absolute Gasteiger partial charge is 0.231 e. The van der Waals surface area contributed by atoms with Crippen LogP contribution >= 0.6 is 0 Å². The van der Waals surface area contributed by atoms with Crippen LogP contribution in [-0.4, -0.2) is 47.8 Å². The third-order valence-electron chi connectivity index (χ3n) is 3.75. The average Bonchev–Trinajstić information content (AvgIpc) is 3.13. The van der Waals surface area contributed by atoms with Gasteiger partial charge in [0.2, 0.25) is 11.7 Å². The first-order valence-electron chi connectivity index (χ1n) is 8.22. The Hall–Kier alpha value is -3.23. The molecule has 9 heteroatoms. The van der Waals surface area contributed by atoms with E-state index in [-0.39, 0.29) is 0 Å². The molecule has 0 saturated heterocycles. The number of H-pyrrole nitrogens is 1. The minimum Gasteiger partial charge on any atom is -0.493 e. The Bertz CT molecular complexity index is 870. The summed E-state index contributed by atoms with van der Waals surface area (Å²) >= 11 is 0. The molecule has 138 valence electrons. The van der Waals surface area contributed by atoms with Crippen molar-refractivity contribution in [2.24, 2.45) is 0 Å². The highest BCUT2D eigenvalue weighted by atomic mass is 16.5. The van der Waals surface area contributed by atoms with E-state index in [1.54, 1.807) is 39.8 Å². The van der Waals surface area contributed by atoms with Gasteiger partial charge in [-0.05, 0) is 6.42 Å². The van der Waals surface area contributed by atoms with E-state index in [0.717, 1.165) is 18.5 Å². The SMILES string of the molecule is CCCNc1nc(Nc2cc(OC)c(OC)c(OC)c2)nc2nc[nH]c12. The van der Waals surface area contributed by atoms with E-state index in [1.165, 1.54) is 0 Å². The van der Waals surface area contributed by atoms with E-state index < -0.39 is 0 Å². The van der Waals surface area contributed by atoms with Crippen LogP contribution < -0.4 is 24.8 Å². The number of rotatable bonds is 8. The predicted molar refractivity (Wildman–Crippen MR) is 99.8 cm³/mol. The van der Waals surface area contributed by atoms with E-state index in [4.69, 9.17) is 14.2 Å². The molecule has 26 heavy (non-hydrogen) atoms. The summed E-state index contributed by atoms with van der Waals surface area (Å²) in [5.74, 6) is 2.72. The van der Waals surface area contributed by atoms with Crippen LogP contribution in [0.25, 0.3) is 11.2 Å². The second-order valence-corrected chi connectivity index (χ2v) is 5.46. The number of aromatic nitrogens is 4. The van der Waals surface area contributed by atoms with Crippen molar-refractivity contribution in [1.29, 1.82) is 0 Å². The molecule has 0 unspecified atom stereocenters. The average molecular weight is 358 g/mol. The Morgan fingerprint density at radius 3 is 2.38 bits per heavy atom. The minimum atomic E-state index is 0.414. The van der Waals surface area contributed by atoms with Crippen LogP contribution in [0.15, 0.2) is 18.5 Å². The Morgan fingerprint density at radius 2 is 1.77 bits per heavy atom. The summed E-state index contributed by atoms with van der Waals surface area (Å²) in [5.41, 5.74) is 2.05. The van der Waals surface area contributed by atoms with Crippen molar-refractivity contribution in [2.75, 3.05) is 38.5 Å². The molecule has 0 fully saturated rings. The highest BCUT2D eigenvalue weighted by Crippen LogP contribution is 2.40. The summed E-state index contributed by atoms with van der Waals surface area (Å²) in [6, 6.07) is 3.58. The van der Waals surface area contributed by atoms with E-state index in [9.17, 15) is 0 Å². The monoisotopic (exact) mass is 358 g/mol. The van der Waals surface area contributed by atoms with Crippen LogP contribution in [0.1, 0.15) is 13.3 Å². The molecule has 0 aliphatic rings. The van der Waals surface area contributed by atoms with E-state index in [2.05, 4.69) is 37.5 Å². The van der Waals surface area contributed by atoms with E-state index in [0.29, 0.717) is 40.3 Å². The standard InChI is InChI=1S/C17H22N6O3/c1-5-6-18-15-13-16(20-9-19-13)23-17(22-15)21-10-7-11(24-2)14(26-4)12(8-10)25-3/h7-9H,5-6H2,1-4H3,(H3,18,19,20,21,22,23). The summed E-state index contributed by atoms with van der Waals surface area (Å²) in [6.45, 7) is 2.89. The largest absolute Gasteiger partial charge is 0.493 e. The van der Waals surface area contributed by atoms with Crippen LogP contribution in [0.4, 0.5) is 17.5 Å². The molecule has 0 amide bonds. The van der Waals surface area contributed by atoms with Gasteiger partial charge in [-0.15, -0.1) is 0 Å². The molecule has 0 aliphatic heterocycles. The number of ether oxygens (including phenoxy) is 3. The van der Waals surface area contributed by atoms with Gasteiger partial charge in [0.15, 0.2) is 23.0 Å². The lowest BCUT2D eigenvalue weighted by atomic mass is 10.2. The fraction of sp³-hybridized carbons (Fsp3) is 0.353. The van der Waals surface area contributed by atoms with E-state index in [1.807, 2.05) is 0 Å². The zero-order valence-electron chi connectivity index (χ0n) is 15.2. The van der Waals surface area contributed by atoms with Crippen LogP contribution in [0.5, 0.6) is 17.2 Å². The van der Waals surface area contributed by atoms with Crippen molar-refractivity contribution >= 4 is 28.6 Å². The molecule has 0 atom stereocenters. The van der Waals surface area contributed by atoms with Crippen LogP contribution in [0.3, 0.4) is 0 Å². The van der Waals surface area contributed by atoms with Gasteiger partial charge in [-0.3, -0.25) is 0 Å². The summed E-state index contributed by atoms with van der Waals surface area (Å²) in [6.07, 6.45) is 2.58. The first kappa shape index (κ1) is 17.6. The Morgan fingerprint density at radius 1 is 1.04 bits per heavy atom. The number of hydrogen-bond acceptors (Lipinski definition) is 8. The number of methoxy groups -OCH3 is 3. The van der Waals surface area contributed by atoms with Crippen molar-refractivity contribution in [2.45, 2.75) is 13.3 Å². The van der Waals surface area contributed by atoms with Gasteiger partial charge in [-0.2, -0.15) is 9.97 Å². The van der Waals surface area contributed by atoms with Gasteiger partial charge in [0.1, 0.15) is 5.52 Å². The zero-order chi connectivity index (χ0) is 18.5. The van der Waals surface area contributed by atoms with Gasteiger partial charge in [-0.1, -0.05) is 6.92 Å². The van der Waals surface area contributed by atoms with Gasteiger partial charge in [0, 0.05) is 24.4 Å². The highest BCUT2D eigenvalue weighted by molar-refractivity contribution is 5.84. The third kappa shape index (κ3) is 3.41. The Kier molecular flexibility index (Phi) is 5.26. The molecular formula is C17H22N6O3. The molecular weight excluding hydrogens is 336 g/mol. The first-order chi connectivity index (χ1) is 12.7. The minimum absolute atomic E-state index is 0.414. The summed E-state index contributed by atoms with van der Waals surface area (Å²) < 4.78 is 16.1. The molecule has 3 rings (SSSR count). The molecule has 0 radical (unpaired) electrons. The number of hydrogen-bond donors (Lipinski definition) is 3. The summed E-state index contributed by atoms with van der Waals surface area (Å²) in [7, 11) is 4.70. The summed E-state index contributed by atoms with van der Waals surface area (Å²) in [5, 5.41) is 6.45. The Labute approximate surface area is 151 Å². The number of aromatic amines is 1. The third-order valence-corrected chi connectivity index (χ3v) is 3.75. The quantitative estimate of drug-likeness (QED) is 0.564. The molecule has 0 aliphatic carbocycles. The highest BCUT2D eigenvalue weighted by Gasteiger charge is 2.15. The van der Waals surface area contributed by atoms with Crippen molar-refractivity contribution in [1.82, 2.24) is 19.9 Å². The van der Waals surface area contributed by atoms with E-state index >= 15 is 0 Å². The van der Waals surface area contributed by atoms with Crippen molar-refractivity contribution in [3.05, 3.63) is 18.5 Å². The fourth-order valence-corrected chi connectivity index (χ4v) is 2.54. The molecule has 9 nitrogen and oxygen atoms in total. The Balaban J connectivity index is 1.98. The second-order valence-electron chi connectivity index (χ2n) is 5.46. The molecule has 2 aromatic heterocycles. The van der Waals surface area contributed by atoms with Gasteiger partial charge >= 0.3 is 0 Å². The number of benzene rings is 1. The van der Waals surface area contributed by atoms with Gasteiger partial charge in [0.05, 0.1) is 27.7 Å². The number of imidazole rings is 1.